The molecular formula is C14H19ClN2O. The van der Waals surface area contributed by atoms with Crippen molar-refractivity contribution in [3.8, 4) is 0 Å². The van der Waals surface area contributed by atoms with E-state index in [1.165, 1.54) is 12.6 Å². The smallest absolute Gasteiger partial charge is 0.272 e. The molecule has 0 aromatic carbocycles. The van der Waals surface area contributed by atoms with Crippen LogP contribution in [0.3, 0.4) is 0 Å². The second-order valence-electron chi connectivity index (χ2n) is 5.40. The SMILES string of the molecule is CC(C)CC1CCN(C(=O)c2ccc(Cl)cn2)C1. The minimum atomic E-state index is 0.0259. The molecular weight excluding hydrogens is 248 g/mol. The second-order valence-corrected chi connectivity index (χ2v) is 5.83. The molecule has 0 bridgehead atoms. The lowest BCUT2D eigenvalue weighted by molar-refractivity contribution is 0.0780. The number of amides is 1. The monoisotopic (exact) mass is 266 g/mol. The molecule has 1 aliphatic heterocycles. The normalized spacial score (nSPS) is 19.6. The summed E-state index contributed by atoms with van der Waals surface area (Å²) in [4.78, 5) is 18.2. The first-order valence-corrected chi connectivity index (χ1v) is 6.85. The molecule has 1 unspecified atom stereocenters. The van der Waals surface area contributed by atoms with Gasteiger partial charge in [0.05, 0.1) is 5.02 Å². The zero-order valence-electron chi connectivity index (χ0n) is 10.9. The Bertz CT molecular complexity index is 416. The van der Waals surface area contributed by atoms with Crippen molar-refractivity contribution in [2.45, 2.75) is 26.7 Å². The van der Waals surface area contributed by atoms with Crippen LogP contribution in [0, 0.1) is 11.8 Å². The molecule has 1 atom stereocenters. The number of halogens is 1. The van der Waals surface area contributed by atoms with E-state index >= 15 is 0 Å². The van der Waals surface area contributed by atoms with Crippen molar-refractivity contribution in [3.05, 3.63) is 29.0 Å². The highest BCUT2D eigenvalue weighted by Gasteiger charge is 2.27. The van der Waals surface area contributed by atoms with Crippen LogP contribution >= 0.6 is 11.6 Å². The van der Waals surface area contributed by atoms with Crippen molar-refractivity contribution in [3.63, 3.8) is 0 Å². The maximum atomic E-state index is 12.2. The molecule has 18 heavy (non-hydrogen) atoms. The lowest BCUT2D eigenvalue weighted by Gasteiger charge is -2.16. The molecule has 3 nitrogen and oxygen atoms in total. The van der Waals surface area contributed by atoms with Gasteiger partial charge >= 0.3 is 0 Å². The van der Waals surface area contributed by atoms with Gasteiger partial charge in [-0.25, -0.2) is 4.98 Å². The highest BCUT2D eigenvalue weighted by molar-refractivity contribution is 6.30. The van der Waals surface area contributed by atoms with Crippen molar-refractivity contribution in [2.24, 2.45) is 11.8 Å². The Kier molecular flexibility index (Phi) is 4.23. The molecule has 2 rings (SSSR count). The Balaban J connectivity index is 1.97. The van der Waals surface area contributed by atoms with Gasteiger partial charge in [0.15, 0.2) is 0 Å². The molecule has 0 saturated carbocycles. The van der Waals surface area contributed by atoms with Gasteiger partial charge in [-0.2, -0.15) is 0 Å². The molecule has 1 amide bonds. The van der Waals surface area contributed by atoms with E-state index in [0.717, 1.165) is 19.5 Å². The molecule has 0 aliphatic carbocycles. The average molecular weight is 267 g/mol. The number of likely N-dealkylation sites (tertiary alicyclic amines) is 1. The number of pyridine rings is 1. The number of nitrogens with zero attached hydrogens (tertiary/aromatic N) is 2. The number of carbonyl (C=O) groups is 1. The van der Waals surface area contributed by atoms with E-state index in [9.17, 15) is 4.79 Å². The van der Waals surface area contributed by atoms with Gasteiger partial charge in [0, 0.05) is 19.3 Å². The molecule has 1 saturated heterocycles. The molecule has 0 N–H and O–H groups in total. The molecule has 1 fully saturated rings. The van der Waals surface area contributed by atoms with E-state index < -0.39 is 0 Å². The molecule has 1 aliphatic rings. The fraction of sp³-hybridized carbons (Fsp3) is 0.571. The summed E-state index contributed by atoms with van der Waals surface area (Å²) in [5.41, 5.74) is 0.490. The third-order valence-electron chi connectivity index (χ3n) is 3.32. The minimum Gasteiger partial charge on any atom is -0.337 e. The molecule has 98 valence electrons. The van der Waals surface area contributed by atoms with Gasteiger partial charge < -0.3 is 4.90 Å². The van der Waals surface area contributed by atoms with Gasteiger partial charge in [0.2, 0.25) is 0 Å². The average Bonchev–Trinajstić information content (AvgIpc) is 2.76. The largest absolute Gasteiger partial charge is 0.337 e. The van der Waals surface area contributed by atoms with E-state index in [1.54, 1.807) is 12.1 Å². The standard InChI is InChI=1S/C14H19ClN2O/c1-10(2)7-11-5-6-17(9-11)14(18)13-4-3-12(15)8-16-13/h3-4,8,10-11H,5-7,9H2,1-2H3. The summed E-state index contributed by atoms with van der Waals surface area (Å²) in [6.07, 6.45) is 3.83. The first-order valence-electron chi connectivity index (χ1n) is 6.47. The third-order valence-corrected chi connectivity index (χ3v) is 3.55. The molecule has 0 radical (unpaired) electrons. The summed E-state index contributed by atoms with van der Waals surface area (Å²) in [7, 11) is 0. The van der Waals surface area contributed by atoms with Crippen molar-refractivity contribution in [2.75, 3.05) is 13.1 Å². The van der Waals surface area contributed by atoms with Crippen LogP contribution in [-0.2, 0) is 0 Å². The highest BCUT2D eigenvalue weighted by atomic mass is 35.5. The van der Waals surface area contributed by atoms with Crippen LogP contribution < -0.4 is 0 Å². The van der Waals surface area contributed by atoms with E-state index in [4.69, 9.17) is 11.6 Å². The summed E-state index contributed by atoms with van der Waals surface area (Å²) >= 11 is 5.77. The molecule has 4 heteroatoms. The van der Waals surface area contributed by atoms with E-state index in [2.05, 4.69) is 18.8 Å². The highest BCUT2D eigenvalue weighted by Crippen LogP contribution is 2.24. The lowest BCUT2D eigenvalue weighted by atomic mass is 9.97. The topological polar surface area (TPSA) is 33.2 Å². The number of carbonyl (C=O) groups excluding carboxylic acids is 1. The van der Waals surface area contributed by atoms with Gasteiger partial charge in [-0.1, -0.05) is 25.4 Å². The third kappa shape index (κ3) is 3.22. The molecule has 1 aromatic rings. The van der Waals surface area contributed by atoms with Gasteiger partial charge in [0.1, 0.15) is 5.69 Å². The Labute approximate surface area is 113 Å². The van der Waals surface area contributed by atoms with E-state index in [1.807, 2.05) is 4.90 Å². The lowest BCUT2D eigenvalue weighted by Crippen LogP contribution is -2.29. The summed E-state index contributed by atoms with van der Waals surface area (Å²) < 4.78 is 0. The van der Waals surface area contributed by atoms with Gasteiger partial charge in [-0.05, 0) is 36.8 Å². The first-order chi connectivity index (χ1) is 8.56. The van der Waals surface area contributed by atoms with Crippen LogP contribution in [0.1, 0.15) is 37.2 Å². The Morgan fingerprint density at radius 2 is 2.33 bits per heavy atom. The van der Waals surface area contributed by atoms with E-state index in [-0.39, 0.29) is 5.91 Å². The fourth-order valence-corrected chi connectivity index (χ4v) is 2.65. The zero-order chi connectivity index (χ0) is 13.1. The van der Waals surface area contributed by atoms with Crippen molar-refractivity contribution in [1.29, 1.82) is 0 Å². The molecule has 1 aromatic heterocycles. The Morgan fingerprint density at radius 1 is 1.56 bits per heavy atom. The quantitative estimate of drug-likeness (QED) is 0.841. The van der Waals surface area contributed by atoms with Crippen LogP contribution in [-0.4, -0.2) is 28.9 Å². The fourth-order valence-electron chi connectivity index (χ4n) is 2.54. The van der Waals surface area contributed by atoms with Crippen LogP contribution in [0.25, 0.3) is 0 Å². The van der Waals surface area contributed by atoms with Crippen LogP contribution in [0.4, 0.5) is 0 Å². The maximum Gasteiger partial charge on any atom is 0.272 e. The van der Waals surface area contributed by atoms with Crippen molar-refractivity contribution < 1.29 is 4.79 Å². The second kappa shape index (κ2) is 5.70. The van der Waals surface area contributed by atoms with E-state index in [0.29, 0.717) is 22.6 Å². The first kappa shape index (κ1) is 13.3. The summed E-state index contributed by atoms with van der Waals surface area (Å²) in [6.45, 7) is 6.16. The Hall–Kier alpha value is -1.09. The Morgan fingerprint density at radius 3 is 2.94 bits per heavy atom. The van der Waals surface area contributed by atoms with Crippen molar-refractivity contribution >= 4 is 17.5 Å². The predicted octanol–water partition coefficient (Wildman–Crippen LogP) is 3.24. The van der Waals surface area contributed by atoms with Crippen molar-refractivity contribution in [1.82, 2.24) is 9.88 Å². The van der Waals surface area contributed by atoms with Gasteiger partial charge in [0.25, 0.3) is 5.91 Å². The number of aromatic nitrogens is 1. The molecule has 0 spiro atoms. The predicted molar refractivity (Wildman–Crippen MR) is 72.7 cm³/mol. The van der Waals surface area contributed by atoms with Crippen LogP contribution in [0.15, 0.2) is 18.3 Å². The minimum absolute atomic E-state index is 0.0259. The number of rotatable bonds is 3. The van der Waals surface area contributed by atoms with Crippen LogP contribution in [0.5, 0.6) is 0 Å². The van der Waals surface area contributed by atoms with Gasteiger partial charge in [-0.3, -0.25) is 4.79 Å². The zero-order valence-corrected chi connectivity index (χ0v) is 11.7. The number of hydrogen-bond donors (Lipinski definition) is 0. The number of hydrogen-bond acceptors (Lipinski definition) is 2. The summed E-state index contributed by atoms with van der Waals surface area (Å²) in [5.74, 6) is 1.36. The van der Waals surface area contributed by atoms with Crippen LogP contribution in [0.2, 0.25) is 5.02 Å². The molecule has 2 heterocycles. The van der Waals surface area contributed by atoms with Gasteiger partial charge in [-0.15, -0.1) is 0 Å². The summed E-state index contributed by atoms with van der Waals surface area (Å²) in [6, 6.07) is 3.41. The summed E-state index contributed by atoms with van der Waals surface area (Å²) in [5, 5.41) is 0.561. The maximum absolute atomic E-state index is 12.2.